The highest BCUT2D eigenvalue weighted by Crippen LogP contribution is 2.26. The van der Waals surface area contributed by atoms with Gasteiger partial charge in [-0.2, -0.15) is 4.68 Å². The zero-order valence-corrected chi connectivity index (χ0v) is 14.5. The minimum Gasteiger partial charge on any atom is -0.349 e. The molecule has 0 aliphatic heterocycles. The molecule has 0 bridgehead atoms. The van der Waals surface area contributed by atoms with Crippen LogP contribution < -0.4 is 5.32 Å². The Kier molecular flexibility index (Phi) is 5.38. The molecule has 2 aromatic rings. The molecule has 1 amide bonds. The van der Waals surface area contributed by atoms with Crippen molar-refractivity contribution in [3.63, 3.8) is 0 Å². The fourth-order valence-corrected chi connectivity index (χ4v) is 3.27. The lowest BCUT2D eigenvalue weighted by Crippen LogP contribution is -2.27. The summed E-state index contributed by atoms with van der Waals surface area (Å²) >= 11 is 3.41. The van der Waals surface area contributed by atoms with Crippen LogP contribution in [0.4, 0.5) is 0 Å². The van der Waals surface area contributed by atoms with E-state index in [9.17, 15) is 4.79 Å². The summed E-state index contributed by atoms with van der Waals surface area (Å²) < 4.78 is 2.64. The number of hydrogen-bond acceptors (Lipinski definition) is 4. The average molecular weight is 378 g/mol. The van der Waals surface area contributed by atoms with Crippen molar-refractivity contribution in [1.82, 2.24) is 25.5 Å². The highest BCUT2D eigenvalue weighted by atomic mass is 79.9. The Morgan fingerprint density at radius 2 is 1.96 bits per heavy atom. The van der Waals surface area contributed by atoms with Gasteiger partial charge in [0.05, 0.1) is 12.2 Å². The number of nitrogens with one attached hydrogen (secondary N) is 1. The third-order valence-electron chi connectivity index (χ3n) is 4.25. The van der Waals surface area contributed by atoms with E-state index in [2.05, 4.69) is 36.8 Å². The summed E-state index contributed by atoms with van der Waals surface area (Å²) in [5, 5.41) is 14.7. The van der Waals surface area contributed by atoms with Gasteiger partial charge in [0.1, 0.15) is 0 Å². The number of aromatic nitrogens is 4. The number of hydrogen-bond donors (Lipinski definition) is 1. The minimum absolute atomic E-state index is 0.0854. The van der Waals surface area contributed by atoms with E-state index < -0.39 is 0 Å². The molecule has 1 aliphatic carbocycles. The summed E-state index contributed by atoms with van der Waals surface area (Å²) in [6.45, 7) is 0.342. The number of halogens is 1. The van der Waals surface area contributed by atoms with Crippen molar-refractivity contribution in [3.8, 4) is 5.69 Å². The van der Waals surface area contributed by atoms with Gasteiger partial charge >= 0.3 is 0 Å². The number of tetrazole rings is 1. The molecule has 0 saturated heterocycles. The van der Waals surface area contributed by atoms with Gasteiger partial charge in [0.25, 0.3) is 0 Å². The van der Waals surface area contributed by atoms with Gasteiger partial charge < -0.3 is 5.32 Å². The molecular weight excluding hydrogens is 358 g/mol. The molecule has 0 spiro atoms. The minimum atomic E-state index is 0.0854. The Morgan fingerprint density at radius 3 is 2.70 bits per heavy atom. The molecule has 6 nitrogen and oxygen atoms in total. The average Bonchev–Trinajstić information content (AvgIpc) is 3.03. The molecule has 0 unspecified atom stereocenters. The smallest absolute Gasteiger partial charge is 0.220 e. The van der Waals surface area contributed by atoms with Crippen molar-refractivity contribution in [2.75, 3.05) is 0 Å². The van der Waals surface area contributed by atoms with Gasteiger partial charge in [-0.1, -0.05) is 35.2 Å². The quantitative estimate of drug-likeness (QED) is 0.868. The Balaban J connectivity index is 1.57. The van der Waals surface area contributed by atoms with Crippen LogP contribution in [0.1, 0.15) is 44.3 Å². The van der Waals surface area contributed by atoms with Crippen LogP contribution in [0.25, 0.3) is 5.69 Å². The summed E-state index contributed by atoms with van der Waals surface area (Å²) in [5.41, 5.74) is 0.870. The van der Waals surface area contributed by atoms with Crippen LogP contribution in [-0.4, -0.2) is 26.1 Å². The second kappa shape index (κ2) is 7.68. The summed E-state index contributed by atoms with van der Waals surface area (Å²) in [6.07, 6.45) is 6.76. The predicted molar refractivity (Wildman–Crippen MR) is 89.9 cm³/mol. The largest absolute Gasteiger partial charge is 0.349 e. The fourth-order valence-electron chi connectivity index (χ4n) is 3.00. The lowest BCUT2D eigenvalue weighted by atomic mass is 9.87. The van der Waals surface area contributed by atoms with E-state index >= 15 is 0 Å². The van der Waals surface area contributed by atoms with Crippen LogP contribution in [0.15, 0.2) is 28.7 Å². The van der Waals surface area contributed by atoms with Crippen LogP contribution in [-0.2, 0) is 11.3 Å². The molecular formula is C16H20BrN5O. The number of rotatable bonds is 5. The highest BCUT2D eigenvalue weighted by Gasteiger charge is 2.17. The first-order valence-corrected chi connectivity index (χ1v) is 8.81. The monoisotopic (exact) mass is 377 g/mol. The fraction of sp³-hybridized carbons (Fsp3) is 0.500. The zero-order valence-electron chi connectivity index (χ0n) is 12.9. The summed E-state index contributed by atoms with van der Waals surface area (Å²) in [5.74, 6) is 1.25. The summed E-state index contributed by atoms with van der Waals surface area (Å²) in [4.78, 5) is 12.1. The maximum Gasteiger partial charge on any atom is 0.220 e. The molecule has 1 heterocycles. The maximum atomic E-state index is 12.1. The van der Waals surface area contributed by atoms with Crippen LogP contribution >= 0.6 is 15.9 Å². The number of carbonyl (C=O) groups is 1. The van der Waals surface area contributed by atoms with Gasteiger partial charge in [-0.25, -0.2) is 0 Å². The molecule has 1 fully saturated rings. The molecule has 23 heavy (non-hydrogen) atoms. The number of nitrogens with zero attached hydrogens (tertiary/aromatic N) is 4. The topological polar surface area (TPSA) is 72.7 Å². The third-order valence-corrected chi connectivity index (χ3v) is 4.78. The van der Waals surface area contributed by atoms with Gasteiger partial charge in [-0.3, -0.25) is 4.79 Å². The van der Waals surface area contributed by atoms with E-state index in [1.807, 2.05) is 24.3 Å². The zero-order chi connectivity index (χ0) is 16.1. The van der Waals surface area contributed by atoms with E-state index in [1.165, 1.54) is 32.1 Å². The van der Waals surface area contributed by atoms with E-state index in [-0.39, 0.29) is 5.91 Å². The molecule has 122 valence electrons. The van der Waals surface area contributed by atoms with Gasteiger partial charge in [-0.15, -0.1) is 5.10 Å². The second-order valence-corrected chi connectivity index (χ2v) is 6.88. The third kappa shape index (κ3) is 4.37. The Bertz CT molecular complexity index is 649. The van der Waals surface area contributed by atoms with E-state index in [4.69, 9.17) is 0 Å². The van der Waals surface area contributed by atoms with Crippen molar-refractivity contribution < 1.29 is 4.79 Å². The van der Waals surface area contributed by atoms with Crippen molar-refractivity contribution >= 4 is 21.8 Å². The molecule has 0 radical (unpaired) electrons. The summed E-state index contributed by atoms with van der Waals surface area (Å²) in [6, 6.07) is 7.71. The van der Waals surface area contributed by atoms with Crippen LogP contribution in [0, 0.1) is 5.92 Å². The molecule has 7 heteroatoms. The molecule has 1 saturated carbocycles. The van der Waals surface area contributed by atoms with E-state index in [0.29, 0.717) is 24.7 Å². The maximum absolute atomic E-state index is 12.1. The Hall–Kier alpha value is -1.76. The molecule has 1 aromatic heterocycles. The highest BCUT2D eigenvalue weighted by molar-refractivity contribution is 9.10. The standard InChI is InChI=1S/C16H20BrN5O/c17-13-6-8-14(9-7-13)22-15(19-20-21-22)11-18-16(23)10-12-4-2-1-3-5-12/h6-9,12H,1-5,10-11H2,(H,18,23). The second-order valence-electron chi connectivity index (χ2n) is 5.97. The number of amides is 1. The number of carbonyl (C=O) groups excluding carboxylic acids is 1. The van der Waals surface area contributed by atoms with Gasteiger partial charge in [0, 0.05) is 10.9 Å². The normalized spacial score (nSPS) is 15.5. The van der Waals surface area contributed by atoms with Crippen molar-refractivity contribution in [1.29, 1.82) is 0 Å². The SMILES string of the molecule is O=C(CC1CCCCC1)NCc1nnnn1-c1ccc(Br)cc1. The Labute approximate surface area is 143 Å². The van der Waals surface area contributed by atoms with Crippen LogP contribution in [0.5, 0.6) is 0 Å². The molecule has 0 atom stereocenters. The lowest BCUT2D eigenvalue weighted by Gasteiger charge is -2.20. The first-order valence-electron chi connectivity index (χ1n) is 8.02. The number of benzene rings is 1. The molecule has 1 aliphatic rings. The first kappa shape index (κ1) is 16.1. The van der Waals surface area contributed by atoms with Crippen molar-refractivity contribution in [3.05, 3.63) is 34.6 Å². The van der Waals surface area contributed by atoms with E-state index in [0.717, 1.165) is 10.2 Å². The van der Waals surface area contributed by atoms with Crippen LogP contribution in [0.2, 0.25) is 0 Å². The summed E-state index contributed by atoms with van der Waals surface area (Å²) in [7, 11) is 0. The molecule has 1 N–H and O–H groups in total. The van der Waals surface area contributed by atoms with Gasteiger partial charge in [0.15, 0.2) is 5.82 Å². The van der Waals surface area contributed by atoms with Crippen LogP contribution in [0.3, 0.4) is 0 Å². The molecule has 1 aromatic carbocycles. The van der Waals surface area contributed by atoms with E-state index in [1.54, 1.807) is 4.68 Å². The lowest BCUT2D eigenvalue weighted by molar-refractivity contribution is -0.122. The Morgan fingerprint density at radius 1 is 1.22 bits per heavy atom. The van der Waals surface area contributed by atoms with Crippen molar-refractivity contribution in [2.24, 2.45) is 5.92 Å². The van der Waals surface area contributed by atoms with Crippen molar-refractivity contribution in [2.45, 2.75) is 45.1 Å². The van der Waals surface area contributed by atoms with Gasteiger partial charge in [-0.05, 0) is 53.5 Å². The predicted octanol–water partition coefficient (Wildman–Crippen LogP) is 3.01. The first-order chi connectivity index (χ1) is 11.2. The molecule has 3 rings (SSSR count). The van der Waals surface area contributed by atoms with Gasteiger partial charge in [0.2, 0.25) is 5.91 Å².